The van der Waals surface area contributed by atoms with E-state index in [1.165, 1.54) is 13.0 Å². The van der Waals surface area contributed by atoms with E-state index < -0.39 is 42.7 Å². The molecule has 0 radical (unpaired) electrons. The zero-order valence-corrected chi connectivity index (χ0v) is 27.1. The number of sulfone groups is 2. The van der Waals surface area contributed by atoms with Gasteiger partial charge in [0.1, 0.15) is 5.70 Å². The quantitative estimate of drug-likeness (QED) is 0.281. The third kappa shape index (κ3) is 6.24. The molecule has 0 aliphatic heterocycles. The van der Waals surface area contributed by atoms with Crippen LogP contribution in [0, 0.1) is 41.5 Å². The van der Waals surface area contributed by atoms with Crippen LogP contribution in [-0.2, 0) is 19.7 Å². The molecule has 0 amide bonds. The van der Waals surface area contributed by atoms with Crippen LogP contribution in [0.25, 0.3) is 0 Å². The van der Waals surface area contributed by atoms with E-state index in [1.807, 2.05) is 13.8 Å². The van der Waals surface area contributed by atoms with Gasteiger partial charge in [-0.25, -0.2) is 21.8 Å². The standard InChI is InChI=1S/C34H35NO6S2/c1-19-13-21(3)33(22(4)14-19)42(38,39)17-25(7)29(18-43(40,41)34-23(5)15-20(2)16-24(34)6)35-30-26(8)31(36)27-11-9-10-12-28(27)32(30)37/h9-16H,7,17-18H2,1-6,8H3/b35-29-. The van der Waals surface area contributed by atoms with Crippen LogP contribution in [0.1, 0.15) is 61.0 Å². The first kappa shape index (κ1) is 32.0. The third-order valence-electron chi connectivity index (χ3n) is 7.50. The van der Waals surface area contributed by atoms with E-state index in [9.17, 15) is 26.4 Å². The number of rotatable bonds is 8. The molecule has 7 nitrogen and oxygen atoms in total. The van der Waals surface area contributed by atoms with E-state index in [2.05, 4.69) is 11.6 Å². The lowest BCUT2D eigenvalue weighted by Crippen LogP contribution is -2.26. The average Bonchev–Trinajstić information content (AvgIpc) is 2.87. The number of benzene rings is 3. The Morgan fingerprint density at radius 2 is 1.05 bits per heavy atom. The maximum Gasteiger partial charge on any atom is 0.212 e. The van der Waals surface area contributed by atoms with E-state index in [0.717, 1.165) is 11.1 Å². The molecule has 1 aliphatic carbocycles. The summed E-state index contributed by atoms with van der Waals surface area (Å²) in [5.41, 5.74) is 3.92. The van der Waals surface area contributed by atoms with Gasteiger partial charge in [0.15, 0.2) is 25.5 Å². The summed E-state index contributed by atoms with van der Waals surface area (Å²) in [5.74, 6) is -2.29. The zero-order valence-electron chi connectivity index (χ0n) is 25.5. The number of allylic oxidation sites excluding steroid dienone is 2. The minimum atomic E-state index is -4.09. The first-order valence-corrected chi connectivity index (χ1v) is 17.0. The Labute approximate surface area is 253 Å². The van der Waals surface area contributed by atoms with Crippen molar-refractivity contribution >= 4 is 37.0 Å². The summed E-state index contributed by atoms with van der Waals surface area (Å²) in [5, 5.41) is 0. The molecule has 1 aliphatic rings. The monoisotopic (exact) mass is 617 g/mol. The van der Waals surface area contributed by atoms with Crippen LogP contribution < -0.4 is 0 Å². The third-order valence-corrected chi connectivity index (χ3v) is 11.4. The maximum atomic E-state index is 13.9. The highest BCUT2D eigenvalue weighted by atomic mass is 32.2. The SMILES string of the molecule is C=C(CS(=O)(=O)c1c(C)cc(C)cc1C)/C(CS(=O)(=O)c1c(C)cc(C)cc1C)=N\C1=C(C)C(=O)c2ccccc2C1=O. The summed E-state index contributed by atoms with van der Waals surface area (Å²) in [6.07, 6.45) is 0. The molecule has 0 N–H and O–H groups in total. The second-order valence-corrected chi connectivity index (χ2v) is 15.2. The van der Waals surface area contributed by atoms with Gasteiger partial charge in [0, 0.05) is 16.7 Å². The highest BCUT2D eigenvalue weighted by Gasteiger charge is 2.32. The average molecular weight is 618 g/mol. The molecule has 4 rings (SSSR count). The molecular weight excluding hydrogens is 583 g/mol. The molecule has 0 aromatic heterocycles. The highest BCUT2D eigenvalue weighted by Crippen LogP contribution is 2.30. The van der Waals surface area contributed by atoms with Crippen LogP contribution in [-0.4, -0.2) is 45.6 Å². The molecule has 0 bridgehead atoms. The fourth-order valence-corrected chi connectivity index (χ4v) is 9.66. The van der Waals surface area contributed by atoms with Crippen LogP contribution in [0.4, 0.5) is 0 Å². The number of Topliss-reactive ketones (excluding diaryl/α,β-unsaturated/α-hetero) is 2. The Morgan fingerprint density at radius 3 is 1.49 bits per heavy atom. The van der Waals surface area contributed by atoms with Gasteiger partial charge in [0.25, 0.3) is 0 Å². The van der Waals surface area contributed by atoms with Crippen molar-refractivity contribution in [2.45, 2.75) is 58.3 Å². The summed E-state index contributed by atoms with van der Waals surface area (Å²) in [4.78, 5) is 31.4. The van der Waals surface area contributed by atoms with Gasteiger partial charge in [-0.3, -0.25) is 9.59 Å². The summed E-state index contributed by atoms with van der Waals surface area (Å²) >= 11 is 0. The number of fused-ring (bicyclic) bond motifs is 1. The zero-order chi connectivity index (χ0) is 32.0. The number of ketones is 2. The van der Waals surface area contributed by atoms with Crippen molar-refractivity contribution in [2.75, 3.05) is 11.5 Å². The number of carbonyl (C=O) groups excluding carboxylic acids is 2. The predicted octanol–water partition coefficient (Wildman–Crippen LogP) is 6.14. The second kappa shape index (κ2) is 11.6. The minimum Gasteiger partial charge on any atom is -0.289 e. The van der Waals surface area contributed by atoms with Crippen molar-refractivity contribution in [3.05, 3.63) is 116 Å². The molecule has 0 fully saturated rings. The molecule has 0 spiro atoms. The van der Waals surface area contributed by atoms with Crippen molar-refractivity contribution in [1.29, 1.82) is 0 Å². The van der Waals surface area contributed by atoms with Crippen molar-refractivity contribution < 1.29 is 26.4 Å². The molecule has 0 heterocycles. The van der Waals surface area contributed by atoms with Crippen LogP contribution in [0.2, 0.25) is 0 Å². The Balaban J connectivity index is 1.88. The summed E-state index contributed by atoms with van der Waals surface area (Å²) in [7, 11) is -8.09. The topological polar surface area (TPSA) is 115 Å². The van der Waals surface area contributed by atoms with Crippen LogP contribution >= 0.6 is 0 Å². The molecule has 0 saturated heterocycles. The summed E-state index contributed by atoms with van der Waals surface area (Å²) < 4.78 is 55.3. The molecule has 3 aromatic carbocycles. The molecule has 0 unspecified atom stereocenters. The van der Waals surface area contributed by atoms with Crippen molar-refractivity contribution in [3.8, 4) is 0 Å². The second-order valence-electron chi connectivity index (χ2n) is 11.3. The van der Waals surface area contributed by atoms with Crippen LogP contribution in [0.15, 0.2) is 86.7 Å². The number of hydrogen-bond donors (Lipinski definition) is 0. The summed E-state index contributed by atoms with van der Waals surface area (Å²) in [6, 6.07) is 13.4. The molecule has 0 atom stereocenters. The van der Waals surface area contributed by atoms with Crippen molar-refractivity contribution in [2.24, 2.45) is 4.99 Å². The van der Waals surface area contributed by atoms with Crippen molar-refractivity contribution in [3.63, 3.8) is 0 Å². The maximum absolute atomic E-state index is 13.9. The van der Waals surface area contributed by atoms with E-state index in [-0.39, 0.29) is 43.5 Å². The van der Waals surface area contributed by atoms with Gasteiger partial charge >= 0.3 is 0 Å². The number of aliphatic imine (C=N–C) groups is 1. The summed E-state index contributed by atoms with van der Waals surface area (Å²) in [6.45, 7) is 15.9. The molecule has 9 heteroatoms. The lowest BCUT2D eigenvalue weighted by Gasteiger charge is -2.19. The first-order chi connectivity index (χ1) is 19.9. The number of aryl methyl sites for hydroxylation is 6. The van der Waals surface area contributed by atoms with E-state index in [0.29, 0.717) is 22.3 Å². The smallest absolute Gasteiger partial charge is 0.212 e. The minimum absolute atomic E-state index is 0.0437. The normalized spacial score (nSPS) is 14.3. The Hall–Kier alpha value is -3.95. The van der Waals surface area contributed by atoms with Gasteiger partial charge in [-0.15, -0.1) is 0 Å². The lowest BCUT2D eigenvalue weighted by molar-refractivity contribution is 0.0974. The molecular formula is C34H35NO6S2. The molecule has 3 aromatic rings. The number of hydrogen-bond acceptors (Lipinski definition) is 7. The van der Waals surface area contributed by atoms with Crippen LogP contribution in [0.3, 0.4) is 0 Å². The Morgan fingerprint density at radius 1 is 0.651 bits per heavy atom. The van der Waals surface area contributed by atoms with Crippen LogP contribution in [0.5, 0.6) is 0 Å². The fraction of sp³-hybridized carbons (Fsp3) is 0.265. The van der Waals surface area contributed by atoms with Gasteiger partial charge in [-0.05, 0) is 76.3 Å². The first-order valence-electron chi connectivity index (χ1n) is 13.7. The van der Waals surface area contributed by atoms with Gasteiger partial charge < -0.3 is 0 Å². The fourth-order valence-electron chi connectivity index (χ4n) is 5.92. The van der Waals surface area contributed by atoms with Gasteiger partial charge in [0.2, 0.25) is 5.78 Å². The number of carbonyl (C=O) groups is 2. The van der Waals surface area contributed by atoms with Gasteiger partial charge in [0.05, 0.1) is 27.0 Å². The van der Waals surface area contributed by atoms with E-state index >= 15 is 0 Å². The number of nitrogens with zero attached hydrogens (tertiary/aromatic N) is 1. The lowest BCUT2D eigenvalue weighted by atomic mass is 9.88. The van der Waals surface area contributed by atoms with Gasteiger partial charge in [-0.1, -0.05) is 66.2 Å². The van der Waals surface area contributed by atoms with E-state index in [1.54, 1.807) is 70.2 Å². The van der Waals surface area contributed by atoms with E-state index in [4.69, 9.17) is 0 Å². The molecule has 224 valence electrons. The Kier molecular flexibility index (Phi) is 8.64. The molecule has 43 heavy (non-hydrogen) atoms. The molecule has 0 saturated carbocycles. The van der Waals surface area contributed by atoms with Crippen molar-refractivity contribution in [1.82, 2.24) is 0 Å². The van der Waals surface area contributed by atoms with Gasteiger partial charge in [-0.2, -0.15) is 0 Å². The largest absolute Gasteiger partial charge is 0.289 e. The Bertz CT molecular complexity index is 1970. The predicted molar refractivity (Wildman–Crippen MR) is 170 cm³/mol. The highest BCUT2D eigenvalue weighted by molar-refractivity contribution is 7.92.